The van der Waals surface area contributed by atoms with Crippen molar-refractivity contribution in [3.05, 3.63) is 48.0 Å². The van der Waals surface area contributed by atoms with Crippen LogP contribution in [0.4, 0.5) is 5.82 Å². The van der Waals surface area contributed by atoms with Gasteiger partial charge in [-0.2, -0.15) is 0 Å². The van der Waals surface area contributed by atoms with Crippen molar-refractivity contribution in [1.82, 2.24) is 20.5 Å². The summed E-state index contributed by atoms with van der Waals surface area (Å²) in [5, 5.41) is 9.41. The van der Waals surface area contributed by atoms with E-state index in [2.05, 4.69) is 30.8 Å². The highest BCUT2D eigenvalue weighted by Crippen LogP contribution is 2.24. The number of hydrogen-bond donors (Lipinski definition) is 3. The monoisotopic (exact) mass is 412 g/mol. The van der Waals surface area contributed by atoms with E-state index in [-0.39, 0.29) is 11.9 Å². The highest BCUT2D eigenvalue weighted by atomic mass is 16.3. The van der Waals surface area contributed by atoms with E-state index in [9.17, 15) is 4.79 Å². The van der Waals surface area contributed by atoms with Crippen LogP contribution >= 0.6 is 0 Å². The summed E-state index contributed by atoms with van der Waals surface area (Å²) in [5.74, 6) is 2.12. The molecule has 162 valence electrons. The van der Waals surface area contributed by atoms with Crippen molar-refractivity contribution in [3.8, 4) is 0 Å². The number of amides is 1. The summed E-state index contributed by atoms with van der Waals surface area (Å²) >= 11 is 0. The Bertz CT molecular complexity index is 815. The SMILES string of the molecule is CN=C(NCCC(=O)Nc1cccc(C)n1)NCC(c1ccco1)N1CCCCC1. The van der Waals surface area contributed by atoms with Crippen LogP contribution in [0.1, 0.15) is 43.2 Å². The number of anilines is 1. The molecule has 1 aliphatic heterocycles. The maximum Gasteiger partial charge on any atom is 0.227 e. The minimum Gasteiger partial charge on any atom is -0.468 e. The van der Waals surface area contributed by atoms with Crippen LogP contribution in [0, 0.1) is 6.92 Å². The molecule has 8 nitrogen and oxygen atoms in total. The first-order valence-corrected chi connectivity index (χ1v) is 10.6. The smallest absolute Gasteiger partial charge is 0.227 e. The molecule has 1 amide bonds. The fraction of sp³-hybridized carbons (Fsp3) is 0.500. The third-order valence-corrected chi connectivity index (χ3v) is 5.19. The number of aromatic nitrogens is 1. The second kappa shape index (κ2) is 11.3. The standard InChI is InChI=1S/C22H32N6O2/c1-17-8-6-10-20(26-17)27-21(29)11-12-24-22(23-2)25-16-18(19-9-7-15-30-19)28-13-4-3-5-14-28/h6-10,15,18H,3-5,11-14,16H2,1-2H3,(H2,23,24,25)(H,26,27,29). The maximum atomic E-state index is 12.2. The molecule has 3 rings (SSSR count). The molecule has 3 N–H and O–H groups in total. The number of likely N-dealkylation sites (tertiary alicyclic amines) is 1. The number of rotatable bonds is 8. The van der Waals surface area contributed by atoms with Gasteiger partial charge in [-0.3, -0.25) is 14.7 Å². The Balaban J connectivity index is 1.45. The lowest BCUT2D eigenvalue weighted by Crippen LogP contribution is -2.44. The number of nitrogens with zero attached hydrogens (tertiary/aromatic N) is 3. The maximum absolute atomic E-state index is 12.2. The molecule has 1 atom stereocenters. The van der Waals surface area contributed by atoms with Gasteiger partial charge in [0.05, 0.1) is 12.3 Å². The Labute approximate surface area is 178 Å². The second-order valence-corrected chi connectivity index (χ2v) is 7.47. The molecule has 1 saturated heterocycles. The van der Waals surface area contributed by atoms with Crippen LogP contribution in [-0.2, 0) is 4.79 Å². The van der Waals surface area contributed by atoms with Gasteiger partial charge in [0, 0.05) is 32.3 Å². The summed E-state index contributed by atoms with van der Waals surface area (Å²) in [4.78, 5) is 23.2. The molecule has 2 aromatic rings. The van der Waals surface area contributed by atoms with Gasteiger partial charge in [-0.15, -0.1) is 0 Å². The second-order valence-electron chi connectivity index (χ2n) is 7.47. The lowest BCUT2D eigenvalue weighted by molar-refractivity contribution is -0.116. The zero-order valence-electron chi connectivity index (χ0n) is 17.9. The summed E-state index contributed by atoms with van der Waals surface area (Å²) in [5.41, 5.74) is 0.871. The van der Waals surface area contributed by atoms with Crippen molar-refractivity contribution in [2.24, 2.45) is 4.99 Å². The number of aliphatic imine (C=N–C) groups is 1. The first-order valence-electron chi connectivity index (χ1n) is 10.6. The van der Waals surface area contributed by atoms with Gasteiger partial charge in [0.25, 0.3) is 0 Å². The van der Waals surface area contributed by atoms with E-state index in [0.717, 1.165) is 24.5 Å². The number of furan rings is 1. The van der Waals surface area contributed by atoms with E-state index < -0.39 is 0 Å². The van der Waals surface area contributed by atoms with Crippen molar-refractivity contribution >= 4 is 17.7 Å². The van der Waals surface area contributed by atoms with Crippen molar-refractivity contribution in [3.63, 3.8) is 0 Å². The number of carbonyl (C=O) groups excluding carboxylic acids is 1. The van der Waals surface area contributed by atoms with Crippen molar-refractivity contribution in [2.45, 2.75) is 38.6 Å². The molecule has 1 unspecified atom stereocenters. The zero-order chi connectivity index (χ0) is 21.2. The highest BCUT2D eigenvalue weighted by Gasteiger charge is 2.24. The molecule has 2 aromatic heterocycles. The van der Waals surface area contributed by atoms with E-state index in [4.69, 9.17) is 4.42 Å². The largest absolute Gasteiger partial charge is 0.468 e. The predicted molar refractivity (Wildman–Crippen MR) is 118 cm³/mol. The number of hydrogen-bond acceptors (Lipinski definition) is 5. The topological polar surface area (TPSA) is 94.8 Å². The molecule has 0 aliphatic carbocycles. The predicted octanol–water partition coefficient (Wildman–Crippen LogP) is 2.70. The third-order valence-electron chi connectivity index (χ3n) is 5.19. The summed E-state index contributed by atoms with van der Waals surface area (Å²) in [7, 11) is 1.73. The average molecular weight is 413 g/mol. The lowest BCUT2D eigenvalue weighted by Gasteiger charge is -2.33. The Morgan fingerprint density at radius 3 is 2.73 bits per heavy atom. The summed E-state index contributed by atoms with van der Waals surface area (Å²) in [6.07, 6.45) is 5.77. The number of pyridine rings is 1. The number of carbonyl (C=O) groups is 1. The fourth-order valence-corrected chi connectivity index (χ4v) is 3.65. The van der Waals surface area contributed by atoms with Crippen LogP contribution < -0.4 is 16.0 Å². The van der Waals surface area contributed by atoms with Crippen LogP contribution in [0.25, 0.3) is 0 Å². The van der Waals surface area contributed by atoms with Crippen molar-refractivity contribution in [1.29, 1.82) is 0 Å². The third kappa shape index (κ3) is 6.59. The minimum absolute atomic E-state index is 0.0853. The van der Waals surface area contributed by atoms with Crippen LogP contribution in [0.5, 0.6) is 0 Å². The number of aryl methyl sites for hydroxylation is 1. The Hall–Kier alpha value is -2.87. The molecule has 30 heavy (non-hydrogen) atoms. The van der Waals surface area contributed by atoms with Gasteiger partial charge in [0.15, 0.2) is 5.96 Å². The van der Waals surface area contributed by atoms with Crippen LogP contribution in [0.3, 0.4) is 0 Å². The van der Waals surface area contributed by atoms with E-state index in [0.29, 0.717) is 31.3 Å². The van der Waals surface area contributed by atoms with E-state index in [1.165, 1.54) is 19.3 Å². The number of guanidine groups is 1. The first-order chi connectivity index (χ1) is 14.7. The van der Waals surface area contributed by atoms with Crippen LogP contribution in [0.15, 0.2) is 46.0 Å². The average Bonchev–Trinajstić information content (AvgIpc) is 3.28. The quantitative estimate of drug-likeness (QED) is 0.456. The van der Waals surface area contributed by atoms with Gasteiger partial charge >= 0.3 is 0 Å². The normalized spacial score (nSPS) is 16.1. The van der Waals surface area contributed by atoms with E-state index >= 15 is 0 Å². The molecule has 0 radical (unpaired) electrons. The molecule has 0 saturated carbocycles. The molecule has 1 aliphatic rings. The molecule has 3 heterocycles. The van der Waals surface area contributed by atoms with Crippen LogP contribution in [-0.4, -0.2) is 55.0 Å². The molecule has 8 heteroatoms. The number of piperidine rings is 1. The Morgan fingerprint density at radius 2 is 2.03 bits per heavy atom. The molecule has 0 spiro atoms. The lowest BCUT2D eigenvalue weighted by atomic mass is 10.1. The van der Waals surface area contributed by atoms with E-state index in [1.807, 2.05) is 31.2 Å². The Kier molecular flexibility index (Phi) is 8.26. The van der Waals surface area contributed by atoms with Gasteiger partial charge in [-0.25, -0.2) is 4.98 Å². The van der Waals surface area contributed by atoms with Crippen molar-refractivity contribution < 1.29 is 9.21 Å². The van der Waals surface area contributed by atoms with Gasteiger partial charge in [-0.05, 0) is 57.1 Å². The summed E-state index contributed by atoms with van der Waals surface area (Å²) < 4.78 is 5.69. The van der Waals surface area contributed by atoms with E-state index in [1.54, 1.807) is 19.4 Å². The van der Waals surface area contributed by atoms with Gasteiger partial charge < -0.3 is 20.4 Å². The van der Waals surface area contributed by atoms with Crippen molar-refractivity contribution in [2.75, 3.05) is 38.5 Å². The molecule has 0 bridgehead atoms. The first kappa shape index (κ1) is 21.8. The molecule has 0 aromatic carbocycles. The number of nitrogens with one attached hydrogen (secondary N) is 3. The minimum atomic E-state index is -0.0853. The summed E-state index contributed by atoms with van der Waals surface area (Å²) in [6, 6.07) is 9.68. The van der Waals surface area contributed by atoms with Crippen LogP contribution in [0.2, 0.25) is 0 Å². The molecular weight excluding hydrogens is 380 g/mol. The van der Waals surface area contributed by atoms with Gasteiger partial charge in [0.2, 0.25) is 5.91 Å². The van der Waals surface area contributed by atoms with Gasteiger partial charge in [-0.1, -0.05) is 12.5 Å². The Morgan fingerprint density at radius 1 is 1.20 bits per heavy atom. The fourth-order valence-electron chi connectivity index (χ4n) is 3.65. The molecular formula is C22H32N6O2. The zero-order valence-corrected chi connectivity index (χ0v) is 17.9. The van der Waals surface area contributed by atoms with Gasteiger partial charge in [0.1, 0.15) is 11.6 Å². The summed E-state index contributed by atoms with van der Waals surface area (Å²) in [6.45, 7) is 5.21. The molecule has 1 fully saturated rings. The highest BCUT2D eigenvalue weighted by molar-refractivity contribution is 5.90.